The van der Waals surface area contributed by atoms with Crippen molar-refractivity contribution in [1.29, 1.82) is 0 Å². The van der Waals surface area contributed by atoms with Crippen LogP contribution in [0.15, 0.2) is 35.4 Å². The predicted molar refractivity (Wildman–Crippen MR) is 96.0 cm³/mol. The van der Waals surface area contributed by atoms with Crippen LogP contribution in [0, 0.1) is 5.92 Å². The molecular formula is C18H25N3O4. The Bertz CT molecular complexity index is 614. The standard InChI is InChI=1S/C18H25N3O4/c1-4-15(18(24)25-5-2)13(3)20-21-17(23)12-11-16(22)19-14-9-7-6-8-10-14/h6-10,15H,4-5,11-12H2,1-3H3,(H,19,22)(H,21,23)/b20-13+/t15-/m0/s1. The average molecular weight is 347 g/mol. The van der Waals surface area contributed by atoms with Gasteiger partial charge in [0.25, 0.3) is 0 Å². The molecule has 0 aliphatic carbocycles. The van der Waals surface area contributed by atoms with E-state index in [1.807, 2.05) is 25.1 Å². The number of carbonyl (C=O) groups is 3. The molecule has 0 unspecified atom stereocenters. The molecule has 1 atom stereocenters. The Labute approximate surface area is 147 Å². The Hall–Kier alpha value is -2.70. The van der Waals surface area contributed by atoms with Crippen molar-refractivity contribution in [3.8, 4) is 0 Å². The van der Waals surface area contributed by atoms with Crippen molar-refractivity contribution < 1.29 is 19.1 Å². The van der Waals surface area contributed by atoms with Gasteiger partial charge in [0.2, 0.25) is 11.8 Å². The molecule has 0 bridgehead atoms. The van der Waals surface area contributed by atoms with Crippen LogP contribution in [-0.2, 0) is 19.1 Å². The predicted octanol–water partition coefficient (Wildman–Crippen LogP) is 2.49. The van der Waals surface area contributed by atoms with Crippen LogP contribution in [0.25, 0.3) is 0 Å². The maximum Gasteiger partial charge on any atom is 0.314 e. The van der Waals surface area contributed by atoms with E-state index in [1.165, 1.54) is 0 Å². The molecular weight excluding hydrogens is 322 g/mol. The molecule has 0 fully saturated rings. The Morgan fingerprint density at radius 3 is 2.32 bits per heavy atom. The number of hydrazone groups is 1. The summed E-state index contributed by atoms with van der Waals surface area (Å²) in [6, 6.07) is 9.02. The highest BCUT2D eigenvalue weighted by Gasteiger charge is 2.21. The molecule has 1 aromatic carbocycles. The highest BCUT2D eigenvalue weighted by atomic mass is 16.5. The molecule has 2 amide bonds. The van der Waals surface area contributed by atoms with E-state index in [2.05, 4.69) is 15.8 Å². The van der Waals surface area contributed by atoms with Crippen molar-refractivity contribution in [1.82, 2.24) is 5.43 Å². The lowest BCUT2D eigenvalue weighted by Gasteiger charge is -2.13. The summed E-state index contributed by atoms with van der Waals surface area (Å²) in [5, 5.41) is 6.65. The number of anilines is 1. The molecule has 0 aromatic heterocycles. The maximum absolute atomic E-state index is 11.8. The second-order valence-electron chi connectivity index (χ2n) is 5.42. The van der Waals surface area contributed by atoms with Crippen LogP contribution in [0.3, 0.4) is 0 Å². The van der Waals surface area contributed by atoms with E-state index in [1.54, 1.807) is 26.0 Å². The van der Waals surface area contributed by atoms with Crippen molar-refractivity contribution in [2.75, 3.05) is 11.9 Å². The minimum absolute atomic E-state index is 0.00560. The van der Waals surface area contributed by atoms with Gasteiger partial charge >= 0.3 is 5.97 Å². The van der Waals surface area contributed by atoms with E-state index in [9.17, 15) is 14.4 Å². The molecule has 7 nitrogen and oxygen atoms in total. The topological polar surface area (TPSA) is 96.9 Å². The lowest BCUT2D eigenvalue weighted by atomic mass is 10.0. The molecule has 1 rings (SSSR count). The summed E-state index contributed by atoms with van der Waals surface area (Å²) in [6.45, 7) is 5.54. The first-order valence-electron chi connectivity index (χ1n) is 8.32. The van der Waals surface area contributed by atoms with E-state index in [-0.39, 0.29) is 30.6 Å². The van der Waals surface area contributed by atoms with Crippen LogP contribution in [0.1, 0.15) is 40.0 Å². The number of ether oxygens (including phenoxy) is 1. The van der Waals surface area contributed by atoms with Crippen LogP contribution in [0.5, 0.6) is 0 Å². The number of nitrogens with zero attached hydrogens (tertiary/aromatic N) is 1. The summed E-state index contributed by atoms with van der Waals surface area (Å²) in [6.07, 6.45) is 0.583. The van der Waals surface area contributed by atoms with Gasteiger partial charge in [0, 0.05) is 24.2 Å². The summed E-state index contributed by atoms with van der Waals surface area (Å²) in [4.78, 5) is 35.4. The zero-order chi connectivity index (χ0) is 18.7. The molecule has 0 heterocycles. The van der Waals surface area contributed by atoms with Crippen LogP contribution >= 0.6 is 0 Å². The minimum Gasteiger partial charge on any atom is -0.465 e. The number of esters is 1. The molecule has 2 N–H and O–H groups in total. The smallest absolute Gasteiger partial charge is 0.314 e. The number of nitrogens with one attached hydrogen (secondary N) is 2. The van der Waals surface area contributed by atoms with Crippen molar-refractivity contribution in [3.63, 3.8) is 0 Å². The molecule has 0 spiro atoms. The fourth-order valence-corrected chi connectivity index (χ4v) is 2.13. The molecule has 7 heteroatoms. The fourth-order valence-electron chi connectivity index (χ4n) is 2.13. The Morgan fingerprint density at radius 2 is 1.72 bits per heavy atom. The molecule has 0 aliphatic rings. The van der Waals surface area contributed by atoms with Crippen molar-refractivity contribution in [2.24, 2.45) is 11.0 Å². The van der Waals surface area contributed by atoms with Gasteiger partial charge in [-0.2, -0.15) is 5.10 Å². The second kappa shape index (κ2) is 11.0. The second-order valence-corrected chi connectivity index (χ2v) is 5.42. The van der Waals surface area contributed by atoms with E-state index in [4.69, 9.17) is 4.74 Å². The summed E-state index contributed by atoms with van der Waals surface area (Å²) in [7, 11) is 0. The van der Waals surface area contributed by atoms with Gasteiger partial charge in [-0.15, -0.1) is 0 Å². The molecule has 0 saturated heterocycles. The van der Waals surface area contributed by atoms with Crippen molar-refractivity contribution >= 4 is 29.2 Å². The average Bonchev–Trinajstić information content (AvgIpc) is 2.60. The van der Waals surface area contributed by atoms with E-state index in [0.717, 1.165) is 0 Å². The third kappa shape index (κ3) is 7.60. The number of carbonyl (C=O) groups excluding carboxylic acids is 3. The number of hydrogen-bond acceptors (Lipinski definition) is 5. The SMILES string of the molecule is CCOC(=O)[C@@H](CC)/C(C)=N/NC(=O)CCC(=O)Nc1ccccc1. The van der Waals surface area contributed by atoms with E-state index in [0.29, 0.717) is 24.4 Å². The van der Waals surface area contributed by atoms with Gasteiger partial charge in [0.15, 0.2) is 0 Å². The fraction of sp³-hybridized carbons (Fsp3) is 0.444. The summed E-state index contributed by atoms with van der Waals surface area (Å²) in [5.74, 6) is -1.48. The number of rotatable bonds is 9. The number of hydrogen-bond donors (Lipinski definition) is 2. The van der Waals surface area contributed by atoms with Gasteiger partial charge in [0.05, 0.1) is 12.5 Å². The van der Waals surface area contributed by atoms with Crippen molar-refractivity contribution in [3.05, 3.63) is 30.3 Å². The van der Waals surface area contributed by atoms with E-state index >= 15 is 0 Å². The van der Waals surface area contributed by atoms with Gasteiger partial charge in [-0.25, -0.2) is 5.43 Å². The number of para-hydroxylation sites is 1. The van der Waals surface area contributed by atoms with E-state index < -0.39 is 5.92 Å². The highest BCUT2D eigenvalue weighted by Crippen LogP contribution is 2.08. The quantitative estimate of drug-likeness (QED) is 0.407. The first-order valence-corrected chi connectivity index (χ1v) is 8.32. The number of amides is 2. The van der Waals surface area contributed by atoms with Crippen LogP contribution in [0.2, 0.25) is 0 Å². The highest BCUT2D eigenvalue weighted by molar-refractivity contribution is 6.01. The van der Waals surface area contributed by atoms with Crippen molar-refractivity contribution in [2.45, 2.75) is 40.0 Å². The lowest BCUT2D eigenvalue weighted by Crippen LogP contribution is -2.27. The zero-order valence-electron chi connectivity index (χ0n) is 14.9. The van der Waals surface area contributed by atoms with Gasteiger partial charge in [-0.3, -0.25) is 14.4 Å². The number of benzene rings is 1. The normalized spacial score (nSPS) is 12.2. The third-order valence-electron chi connectivity index (χ3n) is 3.48. The zero-order valence-corrected chi connectivity index (χ0v) is 14.9. The third-order valence-corrected chi connectivity index (χ3v) is 3.48. The minimum atomic E-state index is -0.485. The molecule has 0 radical (unpaired) electrons. The molecule has 0 saturated carbocycles. The lowest BCUT2D eigenvalue weighted by molar-refractivity contribution is -0.145. The summed E-state index contributed by atoms with van der Waals surface area (Å²) >= 11 is 0. The molecule has 1 aromatic rings. The van der Waals surface area contributed by atoms with Gasteiger partial charge in [-0.1, -0.05) is 25.1 Å². The first-order chi connectivity index (χ1) is 12.0. The van der Waals surface area contributed by atoms with Crippen LogP contribution in [-0.4, -0.2) is 30.1 Å². The summed E-state index contributed by atoms with van der Waals surface area (Å²) < 4.78 is 4.97. The Balaban J connectivity index is 2.42. The monoisotopic (exact) mass is 347 g/mol. The largest absolute Gasteiger partial charge is 0.465 e. The summed E-state index contributed by atoms with van der Waals surface area (Å²) in [5.41, 5.74) is 3.53. The first kappa shape index (κ1) is 20.3. The van der Waals surface area contributed by atoms with Crippen LogP contribution < -0.4 is 10.7 Å². The van der Waals surface area contributed by atoms with Gasteiger partial charge < -0.3 is 10.1 Å². The van der Waals surface area contributed by atoms with Gasteiger partial charge in [-0.05, 0) is 32.4 Å². The molecule has 0 aliphatic heterocycles. The van der Waals surface area contributed by atoms with Crippen LogP contribution in [0.4, 0.5) is 5.69 Å². The van der Waals surface area contributed by atoms with Gasteiger partial charge in [0.1, 0.15) is 0 Å². The Morgan fingerprint density at radius 1 is 1.08 bits per heavy atom. The molecule has 25 heavy (non-hydrogen) atoms. The molecule has 136 valence electrons. The maximum atomic E-state index is 11.8. The Kier molecular flexibility index (Phi) is 8.92.